The summed E-state index contributed by atoms with van der Waals surface area (Å²) in [4.78, 5) is 23.4. The third kappa shape index (κ3) is 9.13. The number of carbonyl (C=O) groups is 2. The minimum atomic E-state index is -1.82. The lowest BCUT2D eigenvalue weighted by Crippen LogP contribution is -2.44. The van der Waals surface area contributed by atoms with Crippen LogP contribution in [0.15, 0.2) is 11.6 Å². The van der Waals surface area contributed by atoms with E-state index in [9.17, 15) is 9.59 Å². The first-order valence-electron chi connectivity index (χ1n) is 13.0. The van der Waals surface area contributed by atoms with Gasteiger partial charge in [0, 0.05) is 24.4 Å². The number of aliphatic carboxylic acids is 1. The third-order valence-electron chi connectivity index (χ3n) is 7.81. The largest absolute Gasteiger partial charge is 0.481 e. The van der Waals surface area contributed by atoms with E-state index in [2.05, 4.69) is 53.8 Å². The maximum atomic E-state index is 12.8. The molecule has 0 bridgehead atoms. The summed E-state index contributed by atoms with van der Waals surface area (Å²) in [7, 11) is -1.82. The van der Waals surface area contributed by atoms with Crippen LogP contribution >= 0.6 is 0 Å². The molecule has 0 aromatic rings. The van der Waals surface area contributed by atoms with Crippen LogP contribution in [-0.2, 0) is 14.0 Å². The summed E-state index contributed by atoms with van der Waals surface area (Å²) in [6.07, 6.45) is 14.5. The van der Waals surface area contributed by atoms with Crippen molar-refractivity contribution in [2.75, 3.05) is 0 Å². The highest BCUT2D eigenvalue weighted by molar-refractivity contribution is 6.74. The average Bonchev–Trinajstić information content (AvgIpc) is 2.95. The lowest BCUT2D eigenvalue weighted by molar-refractivity contribution is -0.137. The molecule has 186 valence electrons. The van der Waals surface area contributed by atoms with E-state index < -0.39 is 14.3 Å². The quantitative estimate of drug-likeness (QED) is 0.142. The first-order valence-corrected chi connectivity index (χ1v) is 15.9. The molecule has 1 aliphatic rings. The van der Waals surface area contributed by atoms with Crippen LogP contribution in [0.25, 0.3) is 0 Å². The zero-order chi connectivity index (χ0) is 24.4. The average molecular weight is 467 g/mol. The van der Waals surface area contributed by atoms with Gasteiger partial charge in [0.25, 0.3) is 0 Å². The fourth-order valence-electron chi connectivity index (χ4n) is 4.43. The fourth-order valence-corrected chi connectivity index (χ4v) is 5.85. The van der Waals surface area contributed by atoms with Crippen molar-refractivity contribution in [3.05, 3.63) is 11.6 Å². The second kappa shape index (κ2) is 13.1. The van der Waals surface area contributed by atoms with E-state index in [1.165, 1.54) is 24.8 Å². The molecule has 0 spiro atoms. The monoisotopic (exact) mass is 466 g/mol. The van der Waals surface area contributed by atoms with Crippen LogP contribution in [0.1, 0.15) is 118 Å². The normalized spacial score (nSPS) is 20.5. The predicted octanol–water partition coefficient (Wildman–Crippen LogP) is 8.07. The Morgan fingerprint density at radius 2 is 1.78 bits per heavy atom. The van der Waals surface area contributed by atoms with Crippen molar-refractivity contribution in [3.63, 3.8) is 0 Å². The number of hydrogen-bond donors (Lipinski definition) is 1. The molecule has 32 heavy (non-hydrogen) atoms. The summed E-state index contributed by atoms with van der Waals surface area (Å²) in [5, 5.41) is 8.98. The highest BCUT2D eigenvalue weighted by Gasteiger charge is 2.41. The van der Waals surface area contributed by atoms with Gasteiger partial charge in [-0.05, 0) is 57.2 Å². The molecule has 0 saturated carbocycles. The molecule has 4 nitrogen and oxygen atoms in total. The Hall–Kier alpha value is -0.943. The summed E-state index contributed by atoms with van der Waals surface area (Å²) >= 11 is 0. The van der Waals surface area contributed by atoms with E-state index in [1.807, 2.05) is 0 Å². The van der Waals surface area contributed by atoms with Crippen molar-refractivity contribution in [1.82, 2.24) is 0 Å². The van der Waals surface area contributed by atoms with Gasteiger partial charge in [-0.2, -0.15) is 0 Å². The number of rotatable bonds is 16. The second-order valence-corrected chi connectivity index (χ2v) is 16.3. The Kier molecular flexibility index (Phi) is 11.9. The summed E-state index contributed by atoms with van der Waals surface area (Å²) in [6, 6.07) is 0. The van der Waals surface area contributed by atoms with Crippen LogP contribution in [-0.4, -0.2) is 31.3 Å². The molecule has 0 aromatic heterocycles. The Labute approximate surface area is 198 Å². The summed E-state index contributed by atoms with van der Waals surface area (Å²) in [5.74, 6) is -0.368. The van der Waals surface area contributed by atoms with Gasteiger partial charge in [0.1, 0.15) is 5.78 Å². The predicted molar refractivity (Wildman–Crippen MR) is 137 cm³/mol. The van der Waals surface area contributed by atoms with Gasteiger partial charge < -0.3 is 9.53 Å². The summed E-state index contributed by atoms with van der Waals surface area (Å²) < 4.78 is 6.83. The molecular formula is C27H50O4Si. The smallest absolute Gasteiger partial charge is 0.303 e. The molecule has 0 heterocycles. The molecule has 0 amide bonds. The topological polar surface area (TPSA) is 63.6 Å². The van der Waals surface area contributed by atoms with E-state index >= 15 is 0 Å². The molecular weight excluding hydrogens is 416 g/mol. The van der Waals surface area contributed by atoms with Gasteiger partial charge in [-0.3, -0.25) is 9.59 Å². The lowest BCUT2D eigenvalue weighted by Gasteiger charge is -2.40. The van der Waals surface area contributed by atoms with E-state index in [0.717, 1.165) is 51.4 Å². The molecule has 1 aliphatic carbocycles. The Morgan fingerprint density at radius 3 is 2.38 bits per heavy atom. The van der Waals surface area contributed by atoms with Crippen molar-refractivity contribution >= 4 is 20.1 Å². The van der Waals surface area contributed by atoms with E-state index in [4.69, 9.17) is 9.53 Å². The molecule has 2 atom stereocenters. The van der Waals surface area contributed by atoms with Gasteiger partial charge in [-0.25, -0.2) is 0 Å². The molecule has 0 fully saturated rings. The van der Waals surface area contributed by atoms with Gasteiger partial charge in [-0.1, -0.05) is 77.9 Å². The molecule has 1 N–H and O–H groups in total. The maximum absolute atomic E-state index is 12.8. The number of ketones is 1. The Morgan fingerprint density at radius 1 is 1.12 bits per heavy atom. The Bertz CT molecular complexity index is 632. The van der Waals surface area contributed by atoms with Crippen LogP contribution in [0.2, 0.25) is 18.1 Å². The number of hydrogen-bond acceptors (Lipinski definition) is 3. The standard InChI is InChI=1S/C27H50O4Si/c1-8-9-12-15-23(31-32(6,7)26(2,3)4)19-17-22-18-20-24(28)27(22,5)21-14-11-10-13-16-25(29)30/h18,23H,8-17,19-21H2,1-7H3,(H,29,30)/t23-,27+/m0/s1. The van der Waals surface area contributed by atoms with Gasteiger partial charge in [0.05, 0.1) is 0 Å². The molecule has 0 saturated heterocycles. The van der Waals surface area contributed by atoms with Crippen molar-refractivity contribution < 1.29 is 19.1 Å². The molecule has 1 rings (SSSR count). The van der Waals surface area contributed by atoms with Crippen LogP contribution in [0.4, 0.5) is 0 Å². The highest BCUT2D eigenvalue weighted by Crippen LogP contribution is 2.44. The van der Waals surface area contributed by atoms with Gasteiger partial charge in [0.15, 0.2) is 8.32 Å². The van der Waals surface area contributed by atoms with Gasteiger partial charge in [-0.15, -0.1) is 0 Å². The van der Waals surface area contributed by atoms with E-state index in [1.54, 1.807) is 0 Å². The minimum absolute atomic E-state index is 0.202. The maximum Gasteiger partial charge on any atom is 0.303 e. The number of unbranched alkanes of at least 4 members (excludes halogenated alkanes) is 5. The molecule has 0 aliphatic heterocycles. The zero-order valence-corrected chi connectivity index (χ0v) is 23.0. The van der Waals surface area contributed by atoms with E-state index in [-0.39, 0.29) is 23.0 Å². The number of Topliss-reactive ketones (excluding diaryl/α,β-unsaturated/α-hetero) is 1. The molecule has 5 heteroatoms. The van der Waals surface area contributed by atoms with Crippen LogP contribution in [0.5, 0.6) is 0 Å². The van der Waals surface area contributed by atoms with Crippen LogP contribution in [0, 0.1) is 5.41 Å². The lowest BCUT2D eigenvalue weighted by atomic mass is 9.76. The number of allylic oxidation sites excluding steroid dienone is 2. The SMILES string of the molecule is CCCCC[C@@H](CCC1=CCC(=O)[C@]1(C)CCCCCCC(=O)O)O[Si](C)(C)C(C)(C)C. The van der Waals surface area contributed by atoms with Crippen molar-refractivity contribution in [2.45, 2.75) is 142 Å². The molecule has 0 unspecified atom stereocenters. The number of carboxylic acids is 1. The number of carbonyl (C=O) groups excluding carboxylic acids is 1. The Balaban J connectivity index is 2.69. The highest BCUT2D eigenvalue weighted by atomic mass is 28.4. The van der Waals surface area contributed by atoms with E-state index in [0.29, 0.717) is 12.2 Å². The third-order valence-corrected chi connectivity index (χ3v) is 12.3. The van der Waals surface area contributed by atoms with Crippen LogP contribution < -0.4 is 0 Å². The first kappa shape index (κ1) is 29.1. The first-order chi connectivity index (χ1) is 14.8. The fraction of sp³-hybridized carbons (Fsp3) is 0.852. The molecule has 0 aromatic carbocycles. The number of carboxylic acid groups (broad SMARTS) is 1. The van der Waals surface area contributed by atoms with Gasteiger partial charge >= 0.3 is 5.97 Å². The summed E-state index contributed by atoms with van der Waals surface area (Å²) in [5.41, 5.74) is 0.977. The molecule has 0 radical (unpaired) electrons. The summed E-state index contributed by atoms with van der Waals surface area (Å²) in [6.45, 7) is 16.0. The second-order valence-electron chi connectivity index (χ2n) is 11.5. The van der Waals surface area contributed by atoms with Crippen molar-refractivity contribution in [1.29, 1.82) is 0 Å². The van der Waals surface area contributed by atoms with Crippen molar-refractivity contribution in [2.24, 2.45) is 5.41 Å². The minimum Gasteiger partial charge on any atom is -0.481 e. The van der Waals surface area contributed by atoms with Crippen LogP contribution in [0.3, 0.4) is 0 Å². The zero-order valence-electron chi connectivity index (χ0n) is 22.0. The van der Waals surface area contributed by atoms with Gasteiger partial charge in [0.2, 0.25) is 0 Å². The van der Waals surface area contributed by atoms with Crippen molar-refractivity contribution in [3.8, 4) is 0 Å².